The van der Waals surface area contributed by atoms with Crippen molar-refractivity contribution in [1.29, 1.82) is 0 Å². The van der Waals surface area contributed by atoms with Crippen LogP contribution in [0.4, 0.5) is 0 Å². The van der Waals surface area contributed by atoms with E-state index in [0.717, 1.165) is 72.7 Å². The quantitative estimate of drug-likeness (QED) is 0.116. The molecule has 8 rings (SSSR count). The van der Waals surface area contributed by atoms with Crippen LogP contribution in [0.25, 0.3) is 58.4 Å². The zero-order valence-electron chi connectivity index (χ0n) is 32.8. The largest absolute Gasteiger partial charge is 0.497 e. The fraction of sp³-hybridized carbons (Fsp3) is 0.0357. The Labute approximate surface area is 342 Å². The molecule has 2 heteroatoms. The van der Waals surface area contributed by atoms with Gasteiger partial charge in [-0.3, -0.25) is 0 Å². The van der Waals surface area contributed by atoms with Gasteiger partial charge in [0.2, 0.25) is 0 Å². The summed E-state index contributed by atoms with van der Waals surface area (Å²) in [6, 6.07) is 67.9. The number of hydrogen-bond donors (Lipinski definition) is 0. The SMILES string of the molecule is COc1ccc(C(=Cc2ccccc2C=Cc2ccc3ccccc3c2C=Cc2ccccc2C=C(c2ccccc2)c2ccc(OC)cc2)c2ccccc2)cc1. The van der Waals surface area contributed by atoms with Gasteiger partial charge in [-0.15, -0.1) is 0 Å². The molecule has 0 fully saturated rings. The van der Waals surface area contributed by atoms with Crippen LogP contribution in [0.1, 0.15) is 55.6 Å². The summed E-state index contributed by atoms with van der Waals surface area (Å²) in [4.78, 5) is 0. The first kappa shape index (κ1) is 37.5. The standard InChI is InChI=1S/C56H44O2/c1-57-51-34-29-47(30-35-51)55(43-17-5-3-6-18-43)39-49-22-11-9-15-41(49)25-26-46-28-27-45-21-13-14-24-53(45)54(46)38-33-42-16-10-12-23-50(42)40-56(44-19-7-4-8-20-44)48-31-36-52(58-2)37-32-48/h3-40H,1-2H3. The summed E-state index contributed by atoms with van der Waals surface area (Å²) in [6.07, 6.45) is 13.6. The van der Waals surface area contributed by atoms with E-state index < -0.39 is 0 Å². The zero-order valence-corrected chi connectivity index (χ0v) is 32.8. The van der Waals surface area contributed by atoms with Crippen LogP contribution in [0.15, 0.2) is 194 Å². The molecular weight excluding hydrogens is 705 g/mol. The van der Waals surface area contributed by atoms with E-state index in [1.165, 1.54) is 16.3 Å². The van der Waals surface area contributed by atoms with Crippen molar-refractivity contribution in [1.82, 2.24) is 0 Å². The van der Waals surface area contributed by atoms with Gasteiger partial charge >= 0.3 is 0 Å². The predicted octanol–water partition coefficient (Wildman–Crippen LogP) is 14.4. The molecule has 0 spiro atoms. The number of rotatable bonds is 12. The molecule has 0 saturated heterocycles. The molecule has 0 aliphatic heterocycles. The third-order valence-electron chi connectivity index (χ3n) is 10.4. The summed E-state index contributed by atoms with van der Waals surface area (Å²) < 4.78 is 10.9. The summed E-state index contributed by atoms with van der Waals surface area (Å²) in [6.45, 7) is 0. The van der Waals surface area contributed by atoms with Crippen LogP contribution in [-0.4, -0.2) is 14.2 Å². The lowest BCUT2D eigenvalue weighted by Gasteiger charge is -2.12. The molecule has 0 bridgehead atoms. The average Bonchev–Trinajstić information content (AvgIpc) is 3.30. The van der Waals surface area contributed by atoms with E-state index in [0.29, 0.717) is 0 Å². The summed E-state index contributed by atoms with van der Waals surface area (Å²) in [7, 11) is 3.40. The first-order valence-electron chi connectivity index (χ1n) is 19.6. The highest BCUT2D eigenvalue weighted by Gasteiger charge is 2.10. The molecule has 0 amide bonds. The maximum atomic E-state index is 5.47. The minimum absolute atomic E-state index is 0.838. The van der Waals surface area contributed by atoms with Gasteiger partial charge in [-0.2, -0.15) is 0 Å². The van der Waals surface area contributed by atoms with Gasteiger partial charge in [-0.25, -0.2) is 0 Å². The Kier molecular flexibility index (Phi) is 11.7. The lowest BCUT2D eigenvalue weighted by atomic mass is 9.93. The van der Waals surface area contributed by atoms with Gasteiger partial charge in [0.25, 0.3) is 0 Å². The number of methoxy groups -OCH3 is 2. The smallest absolute Gasteiger partial charge is 0.118 e. The van der Waals surface area contributed by atoms with E-state index in [-0.39, 0.29) is 0 Å². The lowest BCUT2D eigenvalue weighted by molar-refractivity contribution is 0.414. The summed E-state index contributed by atoms with van der Waals surface area (Å²) in [5, 5.41) is 2.41. The summed E-state index contributed by atoms with van der Waals surface area (Å²) >= 11 is 0. The van der Waals surface area contributed by atoms with E-state index in [1.54, 1.807) is 14.2 Å². The van der Waals surface area contributed by atoms with Crippen molar-refractivity contribution in [2.45, 2.75) is 0 Å². The molecule has 2 nitrogen and oxygen atoms in total. The highest BCUT2D eigenvalue weighted by molar-refractivity contribution is 5.99. The Morgan fingerprint density at radius 2 is 0.724 bits per heavy atom. The summed E-state index contributed by atoms with van der Waals surface area (Å²) in [5.41, 5.74) is 13.7. The highest BCUT2D eigenvalue weighted by atomic mass is 16.5. The van der Waals surface area contributed by atoms with Gasteiger partial charge in [-0.1, -0.05) is 194 Å². The molecule has 0 saturated carbocycles. The fourth-order valence-electron chi connectivity index (χ4n) is 7.34. The Balaban J connectivity index is 1.19. The minimum Gasteiger partial charge on any atom is -0.497 e. The van der Waals surface area contributed by atoms with Crippen molar-refractivity contribution in [2.75, 3.05) is 14.2 Å². The second-order valence-electron chi connectivity index (χ2n) is 14.0. The predicted molar refractivity (Wildman–Crippen MR) is 248 cm³/mol. The Morgan fingerprint density at radius 1 is 0.328 bits per heavy atom. The molecule has 0 radical (unpaired) electrons. The molecule has 8 aromatic rings. The zero-order chi connectivity index (χ0) is 39.5. The van der Waals surface area contributed by atoms with Crippen LogP contribution in [0.5, 0.6) is 11.5 Å². The molecule has 0 heterocycles. The third kappa shape index (κ3) is 8.68. The van der Waals surface area contributed by atoms with Gasteiger partial charge in [0.15, 0.2) is 0 Å². The van der Waals surface area contributed by atoms with Crippen molar-refractivity contribution in [2.24, 2.45) is 0 Å². The molecule has 8 aromatic carbocycles. The molecule has 0 aliphatic carbocycles. The fourth-order valence-corrected chi connectivity index (χ4v) is 7.34. The van der Waals surface area contributed by atoms with Crippen molar-refractivity contribution in [3.8, 4) is 11.5 Å². The lowest BCUT2D eigenvalue weighted by Crippen LogP contribution is -1.91. The van der Waals surface area contributed by atoms with Crippen LogP contribution in [0, 0.1) is 0 Å². The molecule has 0 unspecified atom stereocenters. The first-order chi connectivity index (χ1) is 28.7. The van der Waals surface area contributed by atoms with E-state index in [4.69, 9.17) is 9.47 Å². The molecule has 0 aromatic heterocycles. The van der Waals surface area contributed by atoms with Gasteiger partial charge in [-0.05, 0) is 114 Å². The Morgan fingerprint density at radius 3 is 1.22 bits per heavy atom. The van der Waals surface area contributed by atoms with Gasteiger partial charge < -0.3 is 9.47 Å². The maximum Gasteiger partial charge on any atom is 0.118 e. The average molecular weight is 749 g/mol. The number of hydrogen-bond acceptors (Lipinski definition) is 2. The van der Waals surface area contributed by atoms with E-state index in [1.807, 2.05) is 24.3 Å². The number of fused-ring (bicyclic) bond motifs is 1. The van der Waals surface area contributed by atoms with Crippen molar-refractivity contribution >= 4 is 58.4 Å². The molecule has 0 N–H and O–H groups in total. The number of ether oxygens (including phenoxy) is 2. The minimum atomic E-state index is 0.838. The Bertz CT molecular complexity index is 2750. The Hall–Kier alpha value is -7.42. The summed E-state index contributed by atoms with van der Waals surface area (Å²) in [5.74, 6) is 1.68. The molecule has 0 aliphatic rings. The van der Waals surface area contributed by atoms with Crippen molar-refractivity contribution < 1.29 is 9.47 Å². The normalized spacial score (nSPS) is 12.0. The van der Waals surface area contributed by atoms with E-state index in [9.17, 15) is 0 Å². The third-order valence-corrected chi connectivity index (χ3v) is 10.4. The van der Waals surface area contributed by atoms with Crippen LogP contribution in [0.2, 0.25) is 0 Å². The maximum absolute atomic E-state index is 5.47. The van der Waals surface area contributed by atoms with Crippen LogP contribution in [-0.2, 0) is 0 Å². The second-order valence-corrected chi connectivity index (χ2v) is 14.0. The molecule has 280 valence electrons. The molecule has 58 heavy (non-hydrogen) atoms. The van der Waals surface area contributed by atoms with Crippen molar-refractivity contribution in [3.63, 3.8) is 0 Å². The van der Waals surface area contributed by atoms with Crippen LogP contribution in [0.3, 0.4) is 0 Å². The van der Waals surface area contributed by atoms with E-state index in [2.05, 4.69) is 206 Å². The van der Waals surface area contributed by atoms with Gasteiger partial charge in [0.1, 0.15) is 11.5 Å². The van der Waals surface area contributed by atoms with Gasteiger partial charge in [0, 0.05) is 0 Å². The first-order valence-corrected chi connectivity index (χ1v) is 19.6. The number of benzene rings is 8. The van der Waals surface area contributed by atoms with Gasteiger partial charge in [0.05, 0.1) is 14.2 Å². The second kappa shape index (κ2) is 18.0. The monoisotopic (exact) mass is 748 g/mol. The molecular formula is C56H44O2. The van der Waals surface area contributed by atoms with Crippen LogP contribution >= 0.6 is 0 Å². The topological polar surface area (TPSA) is 18.5 Å². The van der Waals surface area contributed by atoms with Crippen molar-refractivity contribution in [3.05, 3.63) is 250 Å². The molecule has 0 atom stereocenters. The van der Waals surface area contributed by atoms with Crippen LogP contribution < -0.4 is 9.47 Å². The van der Waals surface area contributed by atoms with E-state index >= 15 is 0 Å². The highest BCUT2D eigenvalue weighted by Crippen LogP contribution is 2.32.